The van der Waals surface area contributed by atoms with Crippen LogP contribution in [0.2, 0.25) is 0 Å². The lowest BCUT2D eigenvalue weighted by molar-refractivity contribution is 0.0601. The molecule has 0 bridgehead atoms. The summed E-state index contributed by atoms with van der Waals surface area (Å²) in [6.07, 6.45) is 1.46. The number of carbonyl (C=O) groups excluding carboxylic acids is 1. The number of fused-ring (bicyclic) bond motifs is 1. The molecular formula is C16H16N4O2. The molecule has 0 radical (unpaired) electrons. The van der Waals surface area contributed by atoms with Gasteiger partial charge in [0.2, 0.25) is 0 Å². The predicted molar refractivity (Wildman–Crippen MR) is 84.4 cm³/mol. The van der Waals surface area contributed by atoms with Crippen molar-refractivity contribution in [2.45, 2.75) is 6.92 Å². The summed E-state index contributed by atoms with van der Waals surface area (Å²) >= 11 is 0. The van der Waals surface area contributed by atoms with Gasteiger partial charge in [0, 0.05) is 18.3 Å². The number of ether oxygens (including phenoxy) is 1. The number of benzene rings is 1. The molecule has 0 aliphatic carbocycles. The maximum Gasteiger partial charge on any atom is 0.337 e. The molecule has 6 heteroatoms. The zero-order valence-corrected chi connectivity index (χ0v) is 12.6. The highest BCUT2D eigenvalue weighted by atomic mass is 16.5. The molecule has 112 valence electrons. The Morgan fingerprint density at radius 2 is 1.91 bits per heavy atom. The number of methoxy groups -OCH3 is 1. The van der Waals surface area contributed by atoms with Crippen LogP contribution >= 0.6 is 0 Å². The summed E-state index contributed by atoms with van der Waals surface area (Å²) in [7, 11) is 3.31. The van der Waals surface area contributed by atoms with Crippen molar-refractivity contribution in [2.75, 3.05) is 12.8 Å². The Labute approximate surface area is 127 Å². The van der Waals surface area contributed by atoms with Crippen LogP contribution in [0.1, 0.15) is 16.1 Å². The van der Waals surface area contributed by atoms with Crippen molar-refractivity contribution in [3.8, 4) is 11.1 Å². The molecule has 2 N–H and O–H groups in total. The van der Waals surface area contributed by atoms with Gasteiger partial charge < -0.3 is 15.0 Å². The topological polar surface area (TPSA) is 83.0 Å². The van der Waals surface area contributed by atoms with E-state index >= 15 is 0 Å². The first kappa shape index (κ1) is 14.1. The van der Waals surface area contributed by atoms with Crippen molar-refractivity contribution in [3.63, 3.8) is 0 Å². The minimum absolute atomic E-state index is 0.357. The molecule has 3 rings (SSSR count). The van der Waals surface area contributed by atoms with E-state index in [9.17, 15) is 4.79 Å². The SMILES string of the molecule is COC(=O)c1ccc(-c2c(C)n(C)c3ncnc(N)c23)cc1. The molecule has 3 aromatic rings. The molecule has 0 spiro atoms. The van der Waals surface area contributed by atoms with Crippen LogP contribution in [-0.4, -0.2) is 27.6 Å². The lowest BCUT2D eigenvalue weighted by atomic mass is 10.0. The summed E-state index contributed by atoms with van der Waals surface area (Å²) in [5.41, 5.74) is 10.3. The zero-order chi connectivity index (χ0) is 15.9. The average molecular weight is 296 g/mol. The van der Waals surface area contributed by atoms with Gasteiger partial charge in [0.25, 0.3) is 0 Å². The Kier molecular flexibility index (Phi) is 3.29. The Morgan fingerprint density at radius 3 is 2.55 bits per heavy atom. The van der Waals surface area contributed by atoms with Gasteiger partial charge in [-0.2, -0.15) is 0 Å². The van der Waals surface area contributed by atoms with E-state index in [1.165, 1.54) is 13.4 Å². The third-order valence-electron chi connectivity index (χ3n) is 3.88. The van der Waals surface area contributed by atoms with Crippen molar-refractivity contribution in [1.82, 2.24) is 14.5 Å². The monoisotopic (exact) mass is 296 g/mol. The molecule has 0 aliphatic rings. The Morgan fingerprint density at radius 1 is 1.23 bits per heavy atom. The molecule has 2 aromatic heterocycles. The fourth-order valence-electron chi connectivity index (χ4n) is 2.64. The Balaban J connectivity index is 2.22. The molecule has 0 atom stereocenters. The number of aryl methyl sites for hydroxylation is 1. The molecular weight excluding hydrogens is 280 g/mol. The minimum atomic E-state index is -0.357. The van der Waals surface area contributed by atoms with Crippen LogP contribution in [0, 0.1) is 6.92 Å². The van der Waals surface area contributed by atoms with E-state index in [0.29, 0.717) is 11.4 Å². The lowest BCUT2D eigenvalue weighted by Crippen LogP contribution is -2.00. The molecule has 0 aliphatic heterocycles. The van der Waals surface area contributed by atoms with Gasteiger partial charge >= 0.3 is 5.97 Å². The van der Waals surface area contributed by atoms with Crippen LogP contribution in [0.3, 0.4) is 0 Å². The fraction of sp³-hybridized carbons (Fsp3) is 0.188. The second-order valence-corrected chi connectivity index (χ2v) is 5.05. The summed E-state index contributed by atoms with van der Waals surface area (Å²) in [4.78, 5) is 19.9. The molecule has 0 saturated heterocycles. The first-order valence-electron chi connectivity index (χ1n) is 6.78. The number of rotatable bonds is 2. The maximum atomic E-state index is 11.5. The van der Waals surface area contributed by atoms with Gasteiger partial charge in [-0.25, -0.2) is 14.8 Å². The second-order valence-electron chi connectivity index (χ2n) is 5.05. The molecule has 22 heavy (non-hydrogen) atoms. The van der Waals surface area contributed by atoms with E-state index in [0.717, 1.165) is 27.9 Å². The summed E-state index contributed by atoms with van der Waals surface area (Å²) < 4.78 is 6.70. The fourth-order valence-corrected chi connectivity index (χ4v) is 2.64. The molecule has 0 fully saturated rings. The van der Waals surface area contributed by atoms with E-state index in [1.54, 1.807) is 12.1 Å². The number of hydrogen-bond acceptors (Lipinski definition) is 5. The van der Waals surface area contributed by atoms with Gasteiger partial charge in [-0.05, 0) is 24.6 Å². The van der Waals surface area contributed by atoms with Crippen molar-refractivity contribution >= 4 is 22.8 Å². The Bertz CT molecular complexity index is 866. The predicted octanol–water partition coefficient (Wildman–Crippen LogP) is 2.31. The van der Waals surface area contributed by atoms with Crippen molar-refractivity contribution < 1.29 is 9.53 Å². The van der Waals surface area contributed by atoms with E-state index < -0.39 is 0 Å². The standard InChI is InChI=1S/C16H16N4O2/c1-9-12(10-4-6-11(7-5-10)16(21)22-3)13-14(17)18-8-19-15(13)20(9)2/h4-8H,1-3H3,(H2,17,18,19). The van der Waals surface area contributed by atoms with Crippen LogP contribution in [0.5, 0.6) is 0 Å². The number of nitrogens with two attached hydrogens (primary N) is 1. The highest BCUT2D eigenvalue weighted by molar-refractivity contribution is 6.02. The summed E-state index contributed by atoms with van der Waals surface area (Å²) in [5, 5.41) is 0.827. The van der Waals surface area contributed by atoms with E-state index in [1.807, 2.05) is 30.7 Å². The Hall–Kier alpha value is -2.89. The number of nitrogen functional groups attached to an aromatic ring is 1. The quantitative estimate of drug-likeness (QED) is 0.734. The van der Waals surface area contributed by atoms with E-state index in [-0.39, 0.29) is 5.97 Å². The number of carbonyl (C=O) groups is 1. The maximum absolute atomic E-state index is 11.5. The van der Waals surface area contributed by atoms with Crippen LogP contribution in [0.15, 0.2) is 30.6 Å². The molecule has 1 aromatic carbocycles. The van der Waals surface area contributed by atoms with Crippen molar-refractivity contribution in [3.05, 3.63) is 41.9 Å². The molecule has 2 heterocycles. The van der Waals surface area contributed by atoms with Crippen LogP contribution in [0.25, 0.3) is 22.2 Å². The summed E-state index contributed by atoms with van der Waals surface area (Å²) in [6, 6.07) is 7.22. The van der Waals surface area contributed by atoms with Crippen molar-refractivity contribution in [1.29, 1.82) is 0 Å². The number of anilines is 1. The first-order valence-corrected chi connectivity index (χ1v) is 6.78. The smallest absolute Gasteiger partial charge is 0.337 e. The molecule has 0 saturated carbocycles. The van der Waals surface area contributed by atoms with Crippen LogP contribution in [0.4, 0.5) is 5.82 Å². The third-order valence-corrected chi connectivity index (χ3v) is 3.88. The molecule has 0 unspecified atom stereocenters. The first-order chi connectivity index (χ1) is 10.5. The molecule has 0 amide bonds. The highest BCUT2D eigenvalue weighted by Crippen LogP contribution is 2.35. The number of nitrogens with zero attached hydrogens (tertiary/aromatic N) is 3. The number of aromatic nitrogens is 3. The second kappa shape index (κ2) is 5.14. The van der Waals surface area contributed by atoms with Crippen molar-refractivity contribution in [2.24, 2.45) is 7.05 Å². The van der Waals surface area contributed by atoms with Gasteiger partial charge in [0.15, 0.2) is 0 Å². The highest BCUT2D eigenvalue weighted by Gasteiger charge is 2.18. The zero-order valence-electron chi connectivity index (χ0n) is 12.6. The van der Waals surface area contributed by atoms with Crippen LogP contribution in [-0.2, 0) is 11.8 Å². The number of esters is 1. The van der Waals surface area contributed by atoms with Gasteiger partial charge in [0.05, 0.1) is 18.1 Å². The number of hydrogen-bond donors (Lipinski definition) is 1. The summed E-state index contributed by atoms with van der Waals surface area (Å²) in [5.74, 6) is 0.0878. The third kappa shape index (κ3) is 2.00. The van der Waals surface area contributed by atoms with E-state index in [4.69, 9.17) is 10.5 Å². The largest absolute Gasteiger partial charge is 0.465 e. The van der Waals surface area contributed by atoms with Gasteiger partial charge in [-0.15, -0.1) is 0 Å². The normalized spacial score (nSPS) is 10.9. The van der Waals surface area contributed by atoms with Gasteiger partial charge in [-0.1, -0.05) is 12.1 Å². The summed E-state index contributed by atoms with van der Waals surface area (Å²) in [6.45, 7) is 2.00. The van der Waals surface area contributed by atoms with E-state index in [2.05, 4.69) is 9.97 Å². The minimum Gasteiger partial charge on any atom is -0.465 e. The lowest BCUT2D eigenvalue weighted by Gasteiger charge is -2.05. The molecule has 6 nitrogen and oxygen atoms in total. The van der Waals surface area contributed by atoms with Crippen LogP contribution < -0.4 is 5.73 Å². The van der Waals surface area contributed by atoms with Gasteiger partial charge in [0.1, 0.15) is 17.8 Å². The average Bonchev–Trinajstić information content (AvgIpc) is 2.80. The van der Waals surface area contributed by atoms with Gasteiger partial charge in [-0.3, -0.25) is 0 Å².